The van der Waals surface area contributed by atoms with E-state index >= 15 is 0 Å². The van der Waals surface area contributed by atoms with E-state index in [0.29, 0.717) is 13.2 Å². The maximum absolute atomic E-state index is 5.93. The summed E-state index contributed by atoms with van der Waals surface area (Å²) in [5.74, 6) is 0. The predicted octanol–water partition coefficient (Wildman–Crippen LogP) is 0.395. The number of benzene rings is 3. The van der Waals surface area contributed by atoms with Crippen LogP contribution >= 0.6 is 11.6 Å². The lowest BCUT2D eigenvalue weighted by atomic mass is 10.0. The minimum Gasteiger partial charge on any atom is -1.00 e. The molecular formula is C22H19Cl2N3O. The van der Waals surface area contributed by atoms with Crippen molar-refractivity contribution < 1.29 is 22.4 Å². The van der Waals surface area contributed by atoms with Crippen LogP contribution in [0.3, 0.4) is 0 Å². The van der Waals surface area contributed by atoms with Crippen molar-refractivity contribution in [2.45, 2.75) is 13.2 Å². The first-order valence-electron chi connectivity index (χ1n) is 8.71. The van der Waals surface area contributed by atoms with Gasteiger partial charge in [-0.3, -0.25) is 4.84 Å². The predicted molar refractivity (Wildman–Crippen MR) is 107 cm³/mol. The average molecular weight is 412 g/mol. The monoisotopic (exact) mass is 411 g/mol. The number of nitrogens with one attached hydrogen (secondary N) is 1. The van der Waals surface area contributed by atoms with Gasteiger partial charge in [0.25, 0.3) is 5.71 Å². The molecule has 142 valence electrons. The number of halogens is 2. The fourth-order valence-electron chi connectivity index (χ4n) is 2.91. The number of aromatic nitrogens is 2. The number of nitrogens with zero attached hydrogens (tertiary/aromatic N) is 2. The van der Waals surface area contributed by atoms with Gasteiger partial charge in [-0.2, -0.15) is 0 Å². The van der Waals surface area contributed by atoms with E-state index in [1.807, 2.05) is 47.2 Å². The first kappa shape index (κ1) is 19.9. The number of fused-ring (bicyclic) bond motifs is 1. The Hall–Kier alpha value is -2.82. The molecule has 0 saturated carbocycles. The normalized spacial score (nSPS) is 11.2. The molecule has 6 heteroatoms. The molecule has 0 aliphatic carbocycles. The fourth-order valence-corrected chi connectivity index (χ4v) is 3.04. The highest BCUT2D eigenvalue weighted by atomic mass is 35.5. The van der Waals surface area contributed by atoms with Crippen molar-refractivity contribution in [3.8, 4) is 0 Å². The molecular weight excluding hydrogens is 393 g/mol. The first-order chi connectivity index (χ1) is 13.3. The Labute approximate surface area is 174 Å². The molecule has 0 aliphatic rings. The summed E-state index contributed by atoms with van der Waals surface area (Å²) in [7, 11) is 0. The molecule has 1 aromatic heterocycles. The molecule has 4 aromatic rings. The second-order valence-electron chi connectivity index (χ2n) is 6.29. The van der Waals surface area contributed by atoms with Gasteiger partial charge >= 0.3 is 0 Å². The van der Waals surface area contributed by atoms with Crippen LogP contribution in [-0.4, -0.2) is 15.3 Å². The van der Waals surface area contributed by atoms with E-state index in [4.69, 9.17) is 16.4 Å². The van der Waals surface area contributed by atoms with E-state index in [9.17, 15) is 0 Å². The molecule has 0 aliphatic heterocycles. The van der Waals surface area contributed by atoms with Crippen LogP contribution in [0.2, 0.25) is 5.02 Å². The third-order valence-electron chi connectivity index (χ3n) is 4.35. The van der Waals surface area contributed by atoms with Crippen LogP contribution in [0.1, 0.15) is 11.1 Å². The van der Waals surface area contributed by atoms with Gasteiger partial charge < -0.3 is 17.0 Å². The maximum atomic E-state index is 5.93. The van der Waals surface area contributed by atoms with Crippen LogP contribution in [0.15, 0.2) is 85.5 Å². The van der Waals surface area contributed by atoms with E-state index in [0.717, 1.165) is 21.9 Å². The summed E-state index contributed by atoms with van der Waals surface area (Å²) in [6, 6.07) is 22.3. The van der Waals surface area contributed by atoms with Crippen molar-refractivity contribution in [2.75, 3.05) is 0 Å². The van der Waals surface area contributed by atoms with E-state index in [2.05, 4.69) is 40.5 Å². The SMILES string of the molecule is Clc1ccc(CO/[NH+]=C(/Cn2ccnc2)c2ccc3ccccc3c2)cc1.[Cl-]. The lowest BCUT2D eigenvalue weighted by molar-refractivity contribution is -0.759. The van der Waals surface area contributed by atoms with E-state index in [-0.39, 0.29) is 12.4 Å². The summed E-state index contributed by atoms with van der Waals surface area (Å²) >= 11 is 5.93. The Balaban J connectivity index is 0.00000225. The molecule has 0 amide bonds. The Morgan fingerprint density at radius 3 is 2.54 bits per heavy atom. The molecule has 4 rings (SSSR count). The van der Waals surface area contributed by atoms with Crippen molar-refractivity contribution in [2.24, 2.45) is 0 Å². The third kappa shape index (κ3) is 4.91. The third-order valence-corrected chi connectivity index (χ3v) is 4.60. The summed E-state index contributed by atoms with van der Waals surface area (Å²) in [5, 5.41) is 6.26. The molecule has 0 saturated heterocycles. The van der Waals surface area contributed by atoms with Gasteiger partial charge in [0.05, 0.1) is 6.33 Å². The van der Waals surface area contributed by atoms with Crippen LogP contribution in [0.25, 0.3) is 10.8 Å². The van der Waals surface area contributed by atoms with Gasteiger partial charge in [0.1, 0.15) is 6.54 Å². The van der Waals surface area contributed by atoms with Crippen molar-refractivity contribution in [1.82, 2.24) is 9.55 Å². The second-order valence-corrected chi connectivity index (χ2v) is 6.73. The Kier molecular flexibility index (Phi) is 6.69. The molecule has 1 heterocycles. The van der Waals surface area contributed by atoms with Gasteiger partial charge in [0, 0.05) is 23.0 Å². The van der Waals surface area contributed by atoms with Gasteiger partial charge in [-0.05, 0) is 45.8 Å². The van der Waals surface area contributed by atoms with Crippen LogP contribution < -0.4 is 17.6 Å². The van der Waals surface area contributed by atoms with E-state index in [1.54, 1.807) is 12.5 Å². The Bertz CT molecular complexity index is 1060. The zero-order valence-corrected chi connectivity index (χ0v) is 16.6. The smallest absolute Gasteiger partial charge is 0.251 e. The van der Waals surface area contributed by atoms with Crippen molar-refractivity contribution in [3.63, 3.8) is 0 Å². The van der Waals surface area contributed by atoms with Crippen LogP contribution in [0.5, 0.6) is 0 Å². The van der Waals surface area contributed by atoms with Gasteiger partial charge in [0.2, 0.25) is 0 Å². The maximum Gasteiger partial charge on any atom is 0.251 e. The van der Waals surface area contributed by atoms with Crippen LogP contribution in [-0.2, 0) is 18.0 Å². The Morgan fingerprint density at radius 2 is 1.79 bits per heavy atom. The number of imidazole rings is 1. The zero-order valence-electron chi connectivity index (χ0n) is 15.1. The quantitative estimate of drug-likeness (QED) is 0.368. The van der Waals surface area contributed by atoms with Crippen LogP contribution in [0, 0.1) is 0 Å². The van der Waals surface area contributed by atoms with Crippen molar-refractivity contribution >= 4 is 28.1 Å². The molecule has 0 unspecified atom stereocenters. The number of hydrogen-bond acceptors (Lipinski definition) is 2. The zero-order chi connectivity index (χ0) is 18.5. The molecule has 4 nitrogen and oxygen atoms in total. The lowest BCUT2D eigenvalue weighted by Gasteiger charge is -2.05. The van der Waals surface area contributed by atoms with Gasteiger partial charge in [-0.15, -0.1) is 0 Å². The highest BCUT2D eigenvalue weighted by Gasteiger charge is 2.13. The lowest BCUT2D eigenvalue weighted by Crippen LogP contribution is -3.00. The minimum absolute atomic E-state index is 0. The number of rotatable bonds is 6. The van der Waals surface area contributed by atoms with E-state index in [1.165, 1.54) is 10.8 Å². The van der Waals surface area contributed by atoms with Gasteiger partial charge in [0.15, 0.2) is 6.61 Å². The molecule has 0 fully saturated rings. The highest BCUT2D eigenvalue weighted by Crippen LogP contribution is 2.16. The summed E-state index contributed by atoms with van der Waals surface area (Å²) in [4.78, 5) is 9.90. The minimum atomic E-state index is 0. The summed E-state index contributed by atoms with van der Waals surface area (Å²) in [5.41, 5.74) is 3.10. The highest BCUT2D eigenvalue weighted by molar-refractivity contribution is 6.30. The summed E-state index contributed by atoms with van der Waals surface area (Å²) < 4.78 is 2.00. The first-order valence-corrected chi connectivity index (χ1v) is 9.09. The topological polar surface area (TPSA) is 41.0 Å². The van der Waals surface area contributed by atoms with Crippen LogP contribution in [0.4, 0.5) is 0 Å². The molecule has 0 spiro atoms. The van der Waals surface area contributed by atoms with E-state index < -0.39 is 0 Å². The molecule has 0 bridgehead atoms. The molecule has 1 N–H and O–H groups in total. The largest absolute Gasteiger partial charge is 1.00 e. The molecule has 0 atom stereocenters. The Morgan fingerprint density at radius 1 is 1.00 bits per heavy atom. The second kappa shape index (κ2) is 9.40. The average Bonchev–Trinajstić information content (AvgIpc) is 3.21. The summed E-state index contributed by atoms with van der Waals surface area (Å²) in [6.45, 7) is 1.08. The fraction of sp³-hybridized carbons (Fsp3) is 0.0909. The van der Waals surface area contributed by atoms with Gasteiger partial charge in [-0.25, -0.2) is 4.98 Å². The van der Waals surface area contributed by atoms with Crippen molar-refractivity contribution in [1.29, 1.82) is 0 Å². The molecule has 0 radical (unpaired) electrons. The van der Waals surface area contributed by atoms with Crippen molar-refractivity contribution in [3.05, 3.63) is 102 Å². The van der Waals surface area contributed by atoms with Gasteiger partial charge in [-0.1, -0.05) is 54.1 Å². The standard InChI is InChI=1S/C22H18ClN3O.ClH/c23-21-9-5-17(6-10-21)15-27-25-22(14-26-12-11-24-16-26)20-8-7-18-3-1-2-4-19(18)13-20;/h1-13,16H,14-15H2;1H/b25-22-;. The molecule has 28 heavy (non-hydrogen) atoms. The number of hydrogen-bond donors (Lipinski definition) is 1. The molecule has 3 aromatic carbocycles. The summed E-state index contributed by atoms with van der Waals surface area (Å²) in [6.07, 6.45) is 5.50.